The van der Waals surface area contributed by atoms with Gasteiger partial charge in [0.2, 0.25) is 10.0 Å². The molecule has 186 valence electrons. The van der Waals surface area contributed by atoms with Crippen molar-refractivity contribution in [2.24, 2.45) is 0 Å². The molecule has 0 bridgehead atoms. The topological polar surface area (TPSA) is 110 Å². The van der Waals surface area contributed by atoms with E-state index in [2.05, 4.69) is 47.8 Å². The number of thiocarbonyl (C=S) groups is 1. The molecular weight excluding hydrogens is 496 g/mol. The van der Waals surface area contributed by atoms with E-state index in [0.29, 0.717) is 10.8 Å². The van der Waals surface area contributed by atoms with Gasteiger partial charge in [-0.05, 0) is 75.0 Å². The van der Waals surface area contributed by atoms with Gasteiger partial charge in [0.1, 0.15) is 12.7 Å². The average molecular weight is 523 g/mol. The fourth-order valence-electron chi connectivity index (χ4n) is 4.79. The molecule has 2 unspecified atom stereocenters. The van der Waals surface area contributed by atoms with Gasteiger partial charge in [-0.3, -0.25) is 14.4 Å². The lowest BCUT2D eigenvalue weighted by Crippen LogP contribution is -2.29. The largest absolute Gasteiger partial charge is 0.351 e. The molecule has 1 saturated heterocycles. The number of nitrogens with zero attached hydrogens (tertiary/aromatic N) is 6. The molecule has 1 aliphatic heterocycles. The van der Waals surface area contributed by atoms with Gasteiger partial charge in [-0.2, -0.15) is 0 Å². The zero-order valence-corrected chi connectivity index (χ0v) is 21.9. The number of anilines is 2. The summed E-state index contributed by atoms with van der Waals surface area (Å²) in [7, 11) is -3.40. The number of aromatic nitrogens is 5. The number of aryl methyl sites for hydroxylation is 2. The van der Waals surface area contributed by atoms with E-state index in [1.165, 1.54) is 0 Å². The molecule has 0 saturated carbocycles. The van der Waals surface area contributed by atoms with Gasteiger partial charge in [0.05, 0.1) is 29.7 Å². The molecule has 1 aromatic carbocycles. The molecule has 3 aromatic heterocycles. The van der Waals surface area contributed by atoms with Crippen LogP contribution in [0.1, 0.15) is 40.3 Å². The minimum Gasteiger partial charge on any atom is -0.351 e. The average Bonchev–Trinajstić information content (AvgIpc) is 3.53. The predicted octanol–water partition coefficient (Wildman–Crippen LogP) is 3.26. The minimum absolute atomic E-state index is 0.206. The Morgan fingerprint density at radius 2 is 1.81 bits per heavy atom. The van der Waals surface area contributed by atoms with Crippen LogP contribution in [0.2, 0.25) is 0 Å². The summed E-state index contributed by atoms with van der Waals surface area (Å²) in [6, 6.07) is 13.1. The highest BCUT2D eigenvalue weighted by Gasteiger charge is 2.42. The number of benzene rings is 1. The summed E-state index contributed by atoms with van der Waals surface area (Å²) in [5.74, 6) is 0. The van der Waals surface area contributed by atoms with Crippen LogP contribution >= 0.6 is 12.2 Å². The normalized spacial score (nSPS) is 17.9. The van der Waals surface area contributed by atoms with Crippen molar-refractivity contribution in [3.05, 3.63) is 89.5 Å². The zero-order chi connectivity index (χ0) is 25.6. The Labute approximate surface area is 215 Å². The van der Waals surface area contributed by atoms with E-state index in [-0.39, 0.29) is 12.1 Å². The van der Waals surface area contributed by atoms with E-state index in [1.54, 1.807) is 24.9 Å². The Kier molecular flexibility index (Phi) is 6.00. The predicted molar refractivity (Wildman–Crippen MR) is 142 cm³/mol. The van der Waals surface area contributed by atoms with Gasteiger partial charge in [0, 0.05) is 28.8 Å². The lowest BCUT2D eigenvalue weighted by molar-refractivity contribution is 0.557. The van der Waals surface area contributed by atoms with Crippen LogP contribution in [0.5, 0.6) is 0 Å². The molecule has 5 rings (SSSR count). The van der Waals surface area contributed by atoms with E-state index in [9.17, 15) is 8.42 Å². The molecule has 4 aromatic rings. The molecule has 0 radical (unpaired) electrons. The first kappa shape index (κ1) is 23.9. The smallest absolute Gasteiger partial charge is 0.229 e. The second-order valence-electron chi connectivity index (χ2n) is 8.85. The molecule has 0 spiro atoms. The van der Waals surface area contributed by atoms with Crippen LogP contribution in [0.25, 0.3) is 0 Å². The van der Waals surface area contributed by atoms with Crippen molar-refractivity contribution < 1.29 is 8.42 Å². The summed E-state index contributed by atoms with van der Waals surface area (Å²) in [5.41, 5.74) is 6.14. The van der Waals surface area contributed by atoms with Gasteiger partial charge in [-0.15, -0.1) is 10.2 Å². The fraction of sp³-hybridized carbons (Fsp3) is 0.250. The second kappa shape index (κ2) is 9.03. The zero-order valence-electron chi connectivity index (χ0n) is 20.2. The molecule has 2 N–H and O–H groups in total. The lowest BCUT2D eigenvalue weighted by Gasteiger charge is -2.28. The standard InChI is InChI=1S/C24H26N8O2S2/c1-15-11-18(8-9-20(15)29-36(4,33)34)31-23(22(28-24(31)35)21-7-5-6-10-25-21)19-12-16(2)32(17(19)3)30-13-26-27-14-30/h5-14,22-23,29H,1-4H3,(H,28,35). The first-order chi connectivity index (χ1) is 17.1. The van der Waals surface area contributed by atoms with Crippen LogP contribution < -0.4 is 14.9 Å². The molecule has 4 heterocycles. The number of nitrogens with one attached hydrogen (secondary N) is 2. The molecule has 2 atom stereocenters. The summed E-state index contributed by atoms with van der Waals surface area (Å²) < 4.78 is 30.0. The second-order valence-corrected chi connectivity index (χ2v) is 11.0. The van der Waals surface area contributed by atoms with Gasteiger partial charge >= 0.3 is 0 Å². The van der Waals surface area contributed by atoms with Gasteiger partial charge in [-0.25, -0.2) is 13.1 Å². The molecule has 0 aliphatic carbocycles. The van der Waals surface area contributed by atoms with Gasteiger partial charge in [-0.1, -0.05) is 6.07 Å². The third-order valence-electron chi connectivity index (χ3n) is 6.27. The van der Waals surface area contributed by atoms with Crippen LogP contribution in [0, 0.1) is 20.8 Å². The highest BCUT2D eigenvalue weighted by molar-refractivity contribution is 7.92. The third-order valence-corrected chi connectivity index (χ3v) is 7.18. The summed E-state index contributed by atoms with van der Waals surface area (Å²) in [5, 5.41) is 12.0. The van der Waals surface area contributed by atoms with E-state index in [4.69, 9.17) is 12.2 Å². The molecule has 0 amide bonds. The summed E-state index contributed by atoms with van der Waals surface area (Å²) in [4.78, 5) is 6.70. The van der Waals surface area contributed by atoms with Crippen LogP contribution in [-0.2, 0) is 10.0 Å². The maximum Gasteiger partial charge on any atom is 0.229 e. The molecule has 10 nitrogen and oxygen atoms in total. The first-order valence-corrected chi connectivity index (χ1v) is 13.6. The number of sulfonamides is 1. The highest BCUT2D eigenvalue weighted by atomic mass is 32.2. The summed E-state index contributed by atoms with van der Waals surface area (Å²) >= 11 is 5.85. The quantitative estimate of drug-likeness (QED) is 0.372. The van der Waals surface area contributed by atoms with Crippen molar-refractivity contribution in [1.82, 2.24) is 29.9 Å². The van der Waals surface area contributed by atoms with Crippen molar-refractivity contribution in [1.29, 1.82) is 0 Å². The molecule has 1 fully saturated rings. The molecule has 36 heavy (non-hydrogen) atoms. The van der Waals surface area contributed by atoms with Crippen molar-refractivity contribution in [3.8, 4) is 0 Å². The number of hydrogen-bond acceptors (Lipinski definition) is 6. The van der Waals surface area contributed by atoms with Gasteiger partial charge < -0.3 is 10.2 Å². The Balaban J connectivity index is 1.64. The number of hydrogen-bond donors (Lipinski definition) is 2. The minimum atomic E-state index is -3.40. The van der Waals surface area contributed by atoms with E-state index < -0.39 is 10.0 Å². The number of rotatable bonds is 6. The van der Waals surface area contributed by atoms with Gasteiger partial charge in [0.15, 0.2) is 5.11 Å². The van der Waals surface area contributed by atoms with Crippen LogP contribution in [-0.4, -0.2) is 44.3 Å². The highest BCUT2D eigenvalue weighted by Crippen LogP contribution is 2.43. The Bertz CT molecular complexity index is 1530. The summed E-state index contributed by atoms with van der Waals surface area (Å²) in [6.45, 7) is 5.96. The SMILES string of the molecule is Cc1cc(N2C(=S)NC(c3ccccn3)C2c2cc(C)n(-n3cnnc3)c2C)ccc1NS(C)(=O)=O. The Hall–Kier alpha value is -3.77. The van der Waals surface area contributed by atoms with Crippen LogP contribution in [0.4, 0.5) is 11.4 Å². The maximum absolute atomic E-state index is 11.8. The van der Waals surface area contributed by atoms with E-state index >= 15 is 0 Å². The lowest BCUT2D eigenvalue weighted by atomic mass is 9.96. The van der Waals surface area contributed by atoms with E-state index in [1.807, 2.05) is 48.9 Å². The molecule has 1 aliphatic rings. The third kappa shape index (κ3) is 4.33. The van der Waals surface area contributed by atoms with Crippen molar-refractivity contribution >= 4 is 38.7 Å². The van der Waals surface area contributed by atoms with Crippen molar-refractivity contribution in [2.75, 3.05) is 15.9 Å². The Morgan fingerprint density at radius 3 is 2.44 bits per heavy atom. The monoisotopic (exact) mass is 522 g/mol. The van der Waals surface area contributed by atoms with Crippen LogP contribution in [0.3, 0.4) is 0 Å². The Morgan fingerprint density at radius 1 is 1.06 bits per heavy atom. The molecule has 12 heteroatoms. The van der Waals surface area contributed by atoms with E-state index in [0.717, 1.165) is 40.2 Å². The maximum atomic E-state index is 11.8. The fourth-order valence-corrected chi connectivity index (χ4v) is 5.77. The van der Waals surface area contributed by atoms with Gasteiger partial charge in [0.25, 0.3) is 0 Å². The molecular formula is C24H26N8O2S2. The number of pyridine rings is 1. The first-order valence-electron chi connectivity index (χ1n) is 11.3. The van der Waals surface area contributed by atoms with Crippen molar-refractivity contribution in [3.63, 3.8) is 0 Å². The summed E-state index contributed by atoms with van der Waals surface area (Å²) in [6.07, 6.45) is 6.23. The van der Waals surface area contributed by atoms with Crippen LogP contribution in [0.15, 0.2) is 61.3 Å². The van der Waals surface area contributed by atoms with Crippen molar-refractivity contribution in [2.45, 2.75) is 32.9 Å².